The molecular formula is C25H18N8OS. The number of hydrogen-bond acceptors (Lipinski definition) is 7. The zero-order valence-corrected chi connectivity index (χ0v) is 19.4. The molecule has 0 radical (unpaired) electrons. The third-order valence-corrected chi connectivity index (χ3v) is 7.18. The Labute approximate surface area is 201 Å². The Morgan fingerprint density at radius 3 is 2.83 bits per heavy atom. The van der Waals surface area contributed by atoms with Crippen LogP contribution in [0.5, 0.6) is 0 Å². The van der Waals surface area contributed by atoms with E-state index in [2.05, 4.69) is 25.1 Å². The summed E-state index contributed by atoms with van der Waals surface area (Å²) in [5.74, 6) is 0.0156. The van der Waals surface area contributed by atoms with E-state index < -0.39 is 0 Å². The topological polar surface area (TPSA) is 118 Å². The number of hydrogen-bond donors (Lipinski definition) is 2. The zero-order valence-electron chi connectivity index (χ0n) is 18.6. The Morgan fingerprint density at radius 2 is 1.91 bits per heavy atom. The van der Waals surface area contributed by atoms with Gasteiger partial charge in [0.15, 0.2) is 11.3 Å². The van der Waals surface area contributed by atoms with Crippen molar-refractivity contribution in [3.05, 3.63) is 55.1 Å². The van der Waals surface area contributed by atoms with Gasteiger partial charge in [0.1, 0.15) is 21.6 Å². The van der Waals surface area contributed by atoms with Gasteiger partial charge in [-0.2, -0.15) is 0 Å². The second kappa shape index (κ2) is 7.54. The first-order valence-electron chi connectivity index (χ1n) is 11.3. The summed E-state index contributed by atoms with van der Waals surface area (Å²) < 4.78 is 2.66. The van der Waals surface area contributed by atoms with Gasteiger partial charge in [-0.1, -0.05) is 6.92 Å². The van der Waals surface area contributed by atoms with Gasteiger partial charge in [0, 0.05) is 41.3 Å². The summed E-state index contributed by atoms with van der Waals surface area (Å²) in [6.45, 7) is 2.00. The number of pyridine rings is 3. The fourth-order valence-electron chi connectivity index (χ4n) is 4.46. The highest BCUT2D eigenvalue weighted by atomic mass is 32.1. The Morgan fingerprint density at radius 1 is 1.00 bits per heavy atom. The molecule has 0 atom stereocenters. The van der Waals surface area contributed by atoms with Crippen LogP contribution in [-0.4, -0.2) is 45.6 Å². The van der Waals surface area contributed by atoms with E-state index in [0.717, 1.165) is 49.0 Å². The van der Waals surface area contributed by atoms with Crippen molar-refractivity contribution in [2.45, 2.75) is 19.8 Å². The number of fused-ring (bicyclic) bond motifs is 9. The summed E-state index contributed by atoms with van der Waals surface area (Å²) in [7, 11) is 0. The number of thiophene rings is 1. The van der Waals surface area contributed by atoms with Gasteiger partial charge < -0.3 is 0 Å². The van der Waals surface area contributed by atoms with Gasteiger partial charge in [-0.25, -0.2) is 15.0 Å². The summed E-state index contributed by atoms with van der Waals surface area (Å²) in [4.78, 5) is 37.4. The highest BCUT2D eigenvalue weighted by Crippen LogP contribution is 2.31. The normalized spacial score (nSPS) is 11.9. The van der Waals surface area contributed by atoms with Crippen LogP contribution in [0.25, 0.3) is 64.9 Å². The summed E-state index contributed by atoms with van der Waals surface area (Å²) in [5, 5.41) is 8.03. The minimum atomic E-state index is 0.0156. The summed E-state index contributed by atoms with van der Waals surface area (Å²) >= 11 is 1.50. The minimum absolute atomic E-state index is 0.0156. The van der Waals surface area contributed by atoms with Crippen LogP contribution in [0.3, 0.4) is 0 Å². The molecule has 5 aromatic rings. The van der Waals surface area contributed by atoms with Gasteiger partial charge in [-0.05, 0) is 36.8 Å². The summed E-state index contributed by atoms with van der Waals surface area (Å²) in [5.41, 5.74) is 5.81. The van der Waals surface area contributed by atoms with Crippen molar-refractivity contribution in [1.82, 2.24) is 39.7 Å². The average molecular weight is 479 g/mol. The molecule has 8 bridgehead atoms. The third-order valence-electron chi connectivity index (χ3n) is 6.11. The molecule has 5 aromatic heterocycles. The number of aromatic amines is 2. The van der Waals surface area contributed by atoms with Gasteiger partial charge in [-0.3, -0.25) is 29.5 Å². The van der Waals surface area contributed by atoms with E-state index in [9.17, 15) is 4.79 Å². The van der Waals surface area contributed by atoms with Crippen LogP contribution in [0, 0.1) is 0 Å². The first-order valence-corrected chi connectivity index (χ1v) is 12.1. The molecule has 0 fully saturated rings. The summed E-state index contributed by atoms with van der Waals surface area (Å²) in [6.07, 6.45) is 8.22. The number of carbonyl (C=O) groups is 1. The Hall–Kier alpha value is -4.44. The van der Waals surface area contributed by atoms with Crippen molar-refractivity contribution in [1.29, 1.82) is 0 Å². The number of H-pyrrole nitrogens is 2. The monoisotopic (exact) mass is 478 g/mol. The van der Waals surface area contributed by atoms with Crippen LogP contribution in [0.4, 0.5) is 0 Å². The van der Waals surface area contributed by atoms with Gasteiger partial charge >= 0.3 is 0 Å². The fraction of sp³-hybridized carbons (Fsp3) is 0.120. The number of aromatic nitrogens is 8. The highest BCUT2D eigenvalue weighted by molar-refractivity contribution is 7.24. The largest absolute Gasteiger partial charge is 0.295 e. The number of nitrogens with zero attached hydrogens (tertiary/aromatic N) is 6. The predicted molar refractivity (Wildman–Crippen MR) is 137 cm³/mol. The van der Waals surface area contributed by atoms with E-state index in [1.165, 1.54) is 11.3 Å². The Balaban J connectivity index is 1.73. The first kappa shape index (κ1) is 20.0. The molecule has 10 heteroatoms. The van der Waals surface area contributed by atoms with E-state index in [1.807, 2.05) is 37.3 Å². The maximum atomic E-state index is 13.3. The molecule has 7 heterocycles. The van der Waals surface area contributed by atoms with Gasteiger partial charge in [0.2, 0.25) is 5.91 Å². The molecule has 9 nitrogen and oxygen atoms in total. The number of rotatable bonds is 2. The quantitative estimate of drug-likeness (QED) is 0.333. The Kier molecular flexibility index (Phi) is 4.30. The molecule has 2 aliphatic rings. The lowest BCUT2D eigenvalue weighted by Gasteiger charge is -2.07. The van der Waals surface area contributed by atoms with E-state index in [4.69, 9.17) is 9.97 Å². The van der Waals surface area contributed by atoms with E-state index in [0.29, 0.717) is 28.7 Å². The standard InChI is InChI=1S/C25H18N8OS/c1-2-3-19(34)33-15-8-13(10-26-12-15)14-9-16-21(31-32-24(16)28-11-14)25-29-17-6-7-27-23(22(17)30-25)18-4-5-20(33)35-18/h4-12,31H,2-3H2,1H3,(H,28,32). The van der Waals surface area contributed by atoms with Gasteiger partial charge in [-0.15, -0.1) is 11.3 Å². The van der Waals surface area contributed by atoms with E-state index in [-0.39, 0.29) is 5.91 Å². The Bertz CT molecular complexity index is 1960. The van der Waals surface area contributed by atoms with Crippen LogP contribution in [0.2, 0.25) is 0 Å². The van der Waals surface area contributed by atoms with Crippen molar-refractivity contribution in [2.75, 3.05) is 0 Å². The second-order valence-electron chi connectivity index (χ2n) is 8.37. The fourth-order valence-corrected chi connectivity index (χ4v) is 5.50. The average Bonchev–Trinajstić information content (AvgIpc) is 3.61. The van der Waals surface area contributed by atoms with Crippen molar-refractivity contribution >= 4 is 70.9 Å². The van der Waals surface area contributed by atoms with Crippen molar-refractivity contribution in [3.63, 3.8) is 0 Å². The molecule has 0 spiro atoms. The van der Waals surface area contributed by atoms with Crippen LogP contribution >= 0.6 is 11.3 Å². The van der Waals surface area contributed by atoms with Crippen molar-refractivity contribution < 1.29 is 4.79 Å². The number of nitrogens with one attached hydrogen (secondary N) is 2. The van der Waals surface area contributed by atoms with Crippen LogP contribution in [-0.2, 0) is 0 Å². The van der Waals surface area contributed by atoms with Crippen LogP contribution in [0.15, 0.2) is 55.1 Å². The smallest absolute Gasteiger partial charge is 0.232 e. The van der Waals surface area contributed by atoms with Crippen molar-refractivity contribution in [2.24, 2.45) is 0 Å². The predicted octanol–water partition coefficient (Wildman–Crippen LogP) is 5.62. The first-order chi connectivity index (χ1) is 17.2. The van der Waals surface area contributed by atoms with Crippen molar-refractivity contribution in [3.8, 4) is 11.3 Å². The van der Waals surface area contributed by atoms with Crippen LogP contribution in [0.1, 0.15) is 24.6 Å². The lowest BCUT2D eigenvalue weighted by molar-refractivity contribution is 0.0912. The molecule has 0 unspecified atom stereocenters. The summed E-state index contributed by atoms with van der Waals surface area (Å²) in [6, 6.07) is 9.81. The van der Waals surface area contributed by atoms with E-state index >= 15 is 0 Å². The molecule has 2 N–H and O–H groups in total. The molecule has 0 aliphatic carbocycles. The highest BCUT2D eigenvalue weighted by Gasteiger charge is 2.16. The maximum absolute atomic E-state index is 13.3. The molecule has 170 valence electrons. The SMILES string of the molecule is CCCC(=O)n1c2cncc(c2)c2cnc3[nH][nH]c(c4nc5ccnc(c6ccc1s6)c5n4)-c3c2. The van der Waals surface area contributed by atoms with Crippen LogP contribution < -0.4 is 0 Å². The third kappa shape index (κ3) is 3.07. The molecule has 0 amide bonds. The molecule has 0 aromatic carbocycles. The number of carbonyl (C=O) groups excluding carboxylic acids is 1. The van der Waals surface area contributed by atoms with E-state index in [1.54, 1.807) is 29.4 Å². The molecular weight excluding hydrogens is 460 g/mol. The van der Waals surface area contributed by atoms with Gasteiger partial charge in [0.25, 0.3) is 0 Å². The van der Waals surface area contributed by atoms with Gasteiger partial charge in [0.05, 0.1) is 21.9 Å². The second-order valence-corrected chi connectivity index (χ2v) is 9.43. The number of imidazole rings is 1. The zero-order chi connectivity index (χ0) is 23.5. The molecule has 0 saturated carbocycles. The maximum Gasteiger partial charge on any atom is 0.232 e. The molecule has 35 heavy (non-hydrogen) atoms. The lowest BCUT2D eigenvalue weighted by atomic mass is 10.1. The molecule has 7 rings (SSSR count). The molecule has 0 saturated heterocycles. The minimum Gasteiger partial charge on any atom is -0.295 e. The molecule has 2 aliphatic heterocycles. The lowest BCUT2D eigenvalue weighted by Crippen LogP contribution is -2.10.